The molecule has 1 atom stereocenters. The molecule has 1 aliphatic heterocycles. The van der Waals surface area contributed by atoms with E-state index in [1.165, 1.54) is 7.11 Å². The van der Waals surface area contributed by atoms with E-state index >= 15 is 0 Å². The zero-order chi connectivity index (χ0) is 13.8. The monoisotopic (exact) mass is 286 g/mol. The molecule has 1 aromatic rings. The van der Waals surface area contributed by atoms with Gasteiger partial charge in [-0.3, -0.25) is 4.79 Å². The summed E-state index contributed by atoms with van der Waals surface area (Å²) in [6.45, 7) is 1.52. The number of carbonyl (C=O) groups is 1. The number of anilines is 1. The predicted octanol–water partition coefficient (Wildman–Crippen LogP) is 1.22. The second-order valence-electron chi connectivity index (χ2n) is 4.42. The number of rotatable bonds is 5. The van der Waals surface area contributed by atoms with Crippen LogP contribution in [0.5, 0.6) is 6.01 Å². The van der Waals surface area contributed by atoms with Gasteiger partial charge < -0.3 is 14.7 Å². The smallest absolute Gasteiger partial charge is 0.322 e. The Labute approximate surface area is 115 Å². The van der Waals surface area contributed by atoms with E-state index in [1.807, 2.05) is 4.90 Å². The number of aromatic nitrogens is 3. The summed E-state index contributed by atoms with van der Waals surface area (Å²) >= 11 is 5.80. The van der Waals surface area contributed by atoms with Gasteiger partial charge in [0.05, 0.1) is 7.11 Å². The topological polar surface area (TPSA) is 88.4 Å². The molecule has 104 valence electrons. The first kappa shape index (κ1) is 13.8. The molecule has 0 amide bonds. The molecule has 1 saturated heterocycles. The highest BCUT2D eigenvalue weighted by Crippen LogP contribution is 2.25. The van der Waals surface area contributed by atoms with Gasteiger partial charge in [-0.15, -0.1) is 0 Å². The molecular weight excluding hydrogens is 272 g/mol. The van der Waals surface area contributed by atoms with Crippen LogP contribution in [0.2, 0.25) is 5.28 Å². The first-order valence-electron chi connectivity index (χ1n) is 6.01. The summed E-state index contributed by atoms with van der Waals surface area (Å²) in [4.78, 5) is 24.6. The Morgan fingerprint density at radius 1 is 1.53 bits per heavy atom. The van der Waals surface area contributed by atoms with Crippen LogP contribution in [0.3, 0.4) is 0 Å². The van der Waals surface area contributed by atoms with Crippen LogP contribution in [0.4, 0.5) is 5.95 Å². The minimum absolute atomic E-state index is 0.0934. The largest absolute Gasteiger partial charge is 0.481 e. The van der Waals surface area contributed by atoms with E-state index in [0.29, 0.717) is 18.3 Å². The van der Waals surface area contributed by atoms with Crippen LogP contribution in [-0.4, -0.2) is 46.2 Å². The summed E-state index contributed by atoms with van der Waals surface area (Å²) in [5.74, 6) is 0.0654. The van der Waals surface area contributed by atoms with Crippen LogP contribution in [0.1, 0.15) is 19.3 Å². The standard InChI is InChI=1S/C11H15ClN4O3/c1-19-11-14-9(12)13-10(15-11)16-5-4-7(6-16)2-3-8(17)18/h7H,2-6H2,1H3,(H,17,18). The van der Waals surface area contributed by atoms with Gasteiger partial charge in [-0.05, 0) is 30.4 Å². The van der Waals surface area contributed by atoms with Crippen LogP contribution in [-0.2, 0) is 4.79 Å². The third-order valence-electron chi connectivity index (χ3n) is 3.09. The van der Waals surface area contributed by atoms with Crippen molar-refractivity contribution in [3.05, 3.63) is 5.28 Å². The molecule has 8 heteroatoms. The predicted molar refractivity (Wildman–Crippen MR) is 68.6 cm³/mol. The van der Waals surface area contributed by atoms with Crippen molar-refractivity contribution < 1.29 is 14.6 Å². The summed E-state index contributed by atoms with van der Waals surface area (Å²) in [6.07, 6.45) is 1.79. The van der Waals surface area contributed by atoms with Crippen LogP contribution >= 0.6 is 11.6 Å². The fraction of sp³-hybridized carbons (Fsp3) is 0.636. The van der Waals surface area contributed by atoms with Gasteiger partial charge in [0.1, 0.15) is 0 Å². The Bertz CT molecular complexity index is 471. The van der Waals surface area contributed by atoms with Crippen LogP contribution in [0, 0.1) is 5.92 Å². The van der Waals surface area contributed by atoms with Gasteiger partial charge >= 0.3 is 12.0 Å². The van der Waals surface area contributed by atoms with E-state index in [2.05, 4.69) is 15.0 Å². The average molecular weight is 287 g/mol. The lowest BCUT2D eigenvalue weighted by molar-refractivity contribution is -0.137. The van der Waals surface area contributed by atoms with Crippen LogP contribution in [0.25, 0.3) is 0 Å². The number of halogens is 1. The number of carboxylic acids is 1. The van der Waals surface area contributed by atoms with E-state index < -0.39 is 5.97 Å². The molecule has 1 fully saturated rings. The molecule has 0 aromatic carbocycles. The van der Waals surface area contributed by atoms with Gasteiger partial charge in [-0.1, -0.05) is 0 Å². The summed E-state index contributed by atoms with van der Waals surface area (Å²) in [5, 5.41) is 8.77. The summed E-state index contributed by atoms with van der Waals surface area (Å²) in [5.41, 5.74) is 0. The minimum atomic E-state index is -0.761. The van der Waals surface area contributed by atoms with Crippen molar-refractivity contribution in [2.75, 3.05) is 25.1 Å². The van der Waals surface area contributed by atoms with E-state index in [9.17, 15) is 4.79 Å². The lowest BCUT2D eigenvalue weighted by Gasteiger charge is -2.16. The number of methoxy groups -OCH3 is 1. The average Bonchev–Trinajstić information content (AvgIpc) is 2.84. The van der Waals surface area contributed by atoms with E-state index in [0.717, 1.165) is 19.5 Å². The minimum Gasteiger partial charge on any atom is -0.481 e. The molecule has 0 bridgehead atoms. The molecule has 19 heavy (non-hydrogen) atoms. The second kappa shape index (κ2) is 6.01. The fourth-order valence-corrected chi connectivity index (χ4v) is 2.28. The van der Waals surface area contributed by atoms with Crippen LogP contribution in [0.15, 0.2) is 0 Å². The van der Waals surface area contributed by atoms with Gasteiger partial charge in [0.2, 0.25) is 11.2 Å². The van der Waals surface area contributed by atoms with Crippen molar-refractivity contribution in [3.8, 4) is 6.01 Å². The van der Waals surface area contributed by atoms with Crippen molar-refractivity contribution in [2.45, 2.75) is 19.3 Å². The van der Waals surface area contributed by atoms with Crippen molar-refractivity contribution >= 4 is 23.5 Å². The van der Waals surface area contributed by atoms with Gasteiger partial charge in [0.15, 0.2) is 0 Å². The zero-order valence-corrected chi connectivity index (χ0v) is 11.3. The van der Waals surface area contributed by atoms with Crippen molar-refractivity contribution in [3.63, 3.8) is 0 Å². The molecule has 1 aliphatic rings. The Morgan fingerprint density at radius 2 is 2.32 bits per heavy atom. The Kier molecular flexibility index (Phi) is 4.36. The number of hydrogen-bond acceptors (Lipinski definition) is 6. The second-order valence-corrected chi connectivity index (χ2v) is 4.76. The first-order chi connectivity index (χ1) is 9.08. The summed E-state index contributed by atoms with van der Waals surface area (Å²) in [6, 6.07) is 0.184. The summed E-state index contributed by atoms with van der Waals surface area (Å²) < 4.78 is 4.95. The SMILES string of the molecule is COc1nc(Cl)nc(N2CCC(CCC(=O)O)C2)n1. The molecule has 0 radical (unpaired) electrons. The quantitative estimate of drug-likeness (QED) is 0.870. The number of carboxylic acid groups (broad SMARTS) is 1. The number of nitrogens with zero attached hydrogens (tertiary/aromatic N) is 4. The molecule has 1 unspecified atom stereocenters. The third-order valence-corrected chi connectivity index (χ3v) is 3.26. The van der Waals surface area contributed by atoms with Crippen molar-refractivity contribution in [2.24, 2.45) is 5.92 Å². The molecule has 0 saturated carbocycles. The highest BCUT2D eigenvalue weighted by molar-refractivity contribution is 6.28. The molecule has 7 nitrogen and oxygen atoms in total. The zero-order valence-electron chi connectivity index (χ0n) is 10.5. The summed E-state index contributed by atoms with van der Waals surface area (Å²) in [7, 11) is 1.47. The highest BCUT2D eigenvalue weighted by atomic mass is 35.5. The maximum Gasteiger partial charge on any atom is 0.322 e. The lowest BCUT2D eigenvalue weighted by atomic mass is 10.0. The van der Waals surface area contributed by atoms with Gasteiger partial charge in [0, 0.05) is 19.5 Å². The molecule has 0 spiro atoms. The number of ether oxygens (including phenoxy) is 1. The molecule has 1 N–H and O–H groups in total. The third kappa shape index (κ3) is 3.66. The number of aliphatic carboxylic acids is 1. The van der Waals surface area contributed by atoms with E-state index in [-0.39, 0.29) is 17.7 Å². The Balaban J connectivity index is 2.00. The lowest BCUT2D eigenvalue weighted by Crippen LogP contribution is -2.22. The van der Waals surface area contributed by atoms with Gasteiger partial charge in [-0.25, -0.2) is 0 Å². The molecule has 2 heterocycles. The maximum atomic E-state index is 10.6. The van der Waals surface area contributed by atoms with Gasteiger partial charge in [-0.2, -0.15) is 15.0 Å². The molecule has 2 rings (SSSR count). The number of hydrogen-bond donors (Lipinski definition) is 1. The maximum absolute atomic E-state index is 10.6. The van der Waals surface area contributed by atoms with Crippen LogP contribution < -0.4 is 9.64 Å². The molecular formula is C11H15ClN4O3. The molecule has 1 aromatic heterocycles. The Hall–Kier alpha value is -1.63. The molecule has 0 aliphatic carbocycles. The van der Waals surface area contributed by atoms with E-state index in [4.69, 9.17) is 21.4 Å². The highest BCUT2D eigenvalue weighted by Gasteiger charge is 2.25. The van der Waals surface area contributed by atoms with Crippen molar-refractivity contribution in [1.82, 2.24) is 15.0 Å². The fourth-order valence-electron chi connectivity index (χ4n) is 2.13. The first-order valence-corrected chi connectivity index (χ1v) is 6.38. The Morgan fingerprint density at radius 3 is 3.00 bits per heavy atom. The van der Waals surface area contributed by atoms with Crippen molar-refractivity contribution in [1.29, 1.82) is 0 Å². The van der Waals surface area contributed by atoms with E-state index in [1.54, 1.807) is 0 Å². The normalized spacial score (nSPS) is 18.6. The van der Waals surface area contributed by atoms with Gasteiger partial charge in [0.25, 0.3) is 0 Å².